The van der Waals surface area contributed by atoms with Crippen LogP contribution < -0.4 is 0 Å². The number of carbonyl (C=O) groups is 1. The van der Waals surface area contributed by atoms with Gasteiger partial charge in [-0.1, -0.05) is 23.4 Å². The smallest absolute Gasteiger partial charge is 0.295 e. The van der Waals surface area contributed by atoms with Gasteiger partial charge in [0.25, 0.3) is 10.9 Å². The van der Waals surface area contributed by atoms with Crippen LogP contribution in [0.4, 0.5) is 4.39 Å². The van der Waals surface area contributed by atoms with Crippen molar-refractivity contribution in [3.05, 3.63) is 42.0 Å². The Balaban J connectivity index is 2.18. The Morgan fingerprint density at radius 2 is 2.00 bits per heavy atom. The highest BCUT2D eigenvalue weighted by Gasteiger charge is 2.59. The van der Waals surface area contributed by atoms with Gasteiger partial charge in [0.2, 0.25) is 9.84 Å². The highest BCUT2D eigenvalue weighted by molar-refractivity contribution is 7.92. The van der Waals surface area contributed by atoms with Crippen LogP contribution in [0.25, 0.3) is 0 Å². The zero-order chi connectivity index (χ0) is 16.7. The fraction of sp³-hybridized carbons (Fsp3) is 0.400. The minimum Gasteiger partial charge on any atom is -0.335 e. The number of Topliss-reactive ketones (excluding diaryl/α,β-unsaturated/α-hetero) is 1. The van der Waals surface area contributed by atoms with E-state index in [-0.39, 0.29) is 35.8 Å². The van der Waals surface area contributed by atoms with Crippen LogP contribution in [-0.4, -0.2) is 24.3 Å². The number of carbonyl (C=O) groups excluding carboxylic acids is 1. The molecule has 1 aliphatic rings. The van der Waals surface area contributed by atoms with Crippen molar-refractivity contribution in [2.75, 3.05) is 0 Å². The first-order valence-corrected chi connectivity index (χ1v) is 8.65. The third-order valence-corrected chi connectivity index (χ3v) is 6.22. The van der Waals surface area contributed by atoms with E-state index in [1.54, 1.807) is 6.07 Å². The first-order valence-electron chi connectivity index (χ1n) is 7.17. The molecule has 8 heteroatoms. The van der Waals surface area contributed by atoms with E-state index in [9.17, 15) is 13.2 Å². The van der Waals surface area contributed by atoms with Crippen LogP contribution in [0.5, 0.6) is 0 Å². The Labute approximate surface area is 132 Å². The Morgan fingerprint density at radius 1 is 1.30 bits per heavy atom. The third kappa shape index (κ3) is 2.46. The summed E-state index contributed by atoms with van der Waals surface area (Å²) in [6.45, 7) is 1.47. The Bertz CT molecular complexity index is 834. The molecular formula is C15H15FN2O4S. The maximum atomic E-state index is 15.9. The molecule has 2 atom stereocenters. The van der Waals surface area contributed by atoms with E-state index < -0.39 is 26.6 Å². The quantitative estimate of drug-likeness (QED) is 0.850. The van der Waals surface area contributed by atoms with Crippen molar-refractivity contribution in [2.24, 2.45) is 5.92 Å². The molecule has 0 spiro atoms. The summed E-state index contributed by atoms with van der Waals surface area (Å²) in [7, 11) is -4.46. The molecule has 0 bridgehead atoms. The maximum Gasteiger partial charge on any atom is 0.295 e. The molecule has 0 N–H and O–H groups in total. The Hall–Kier alpha value is -2.09. The molecular weight excluding hydrogens is 323 g/mol. The van der Waals surface area contributed by atoms with Gasteiger partial charge in [0.1, 0.15) is 5.78 Å². The van der Waals surface area contributed by atoms with Crippen molar-refractivity contribution in [3.8, 4) is 0 Å². The van der Waals surface area contributed by atoms with Gasteiger partial charge in [0.15, 0.2) is 5.82 Å². The molecule has 6 nitrogen and oxygen atoms in total. The number of benzene rings is 1. The topological polar surface area (TPSA) is 90.1 Å². The number of nitrogens with zero attached hydrogens (tertiary/aromatic N) is 2. The number of sulfone groups is 1. The summed E-state index contributed by atoms with van der Waals surface area (Å²) in [6.07, 6.45) is 0.112. The van der Waals surface area contributed by atoms with Crippen LogP contribution in [0, 0.1) is 12.8 Å². The third-order valence-electron chi connectivity index (χ3n) is 4.03. The summed E-state index contributed by atoms with van der Waals surface area (Å²) in [5, 5.41) is 0.590. The van der Waals surface area contributed by atoms with Crippen LogP contribution in [0.3, 0.4) is 0 Å². The zero-order valence-corrected chi connectivity index (χ0v) is 13.2. The van der Waals surface area contributed by atoms with E-state index in [1.165, 1.54) is 31.2 Å². The summed E-state index contributed by atoms with van der Waals surface area (Å²) >= 11 is 0. The Kier molecular flexibility index (Phi) is 3.79. The van der Waals surface area contributed by atoms with Gasteiger partial charge in [-0.2, -0.15) is 4.98 Å². The molecule has 1 heterocycles. The second-order valence-corrected chi connectivity index (χ2v) is 7.66. The molecule has 2 aromatic rings. The molecule has 0 amide bonds. The molecule has 0 aliphatic heterocycles. The van der Waals surface area contributed by atoms with Crippen LogP contribution in [0.15, 0.2) is 39.8 Å². The molecule has 23 heavy (non-hydrogen) atoms. The predicted molar refractivity (Wildman–Crippen MR) is 77.8 cm³/mol. The molecule has 1 unspecified atom stereocenters. The first kappa shape index (κ1) is 15.8. The van der Waals surface area contributed by atoms with E-state index in [4.69, 9.17) is 4.52 Å². The van der Waals surface area contributed by atoms with Crippen LogP contribution in [0.2, 0.25) is 0 Å². The zero-order valence-electron chi connectivity index (χ0n) is 12.4. The van der Waals surface area contributed by atoms with E-state index in [0.29, 0.717) is 0 Å². The fourth-order valence-electron chi connectivity index (χ4n) is 2.85. The number of hydrogen-bond donors (Lipinski definition) is 0. The van der Waals surface area contributed by atoms with Gasteiger partial charge >= 0.3 is 0 Å². The summed E-state index contributed by atoms with van der Waals surface area (Å²) < 4.78 is 46.7. The number of aryl methyl sites for hydroxylation is 1. The SMILES string of the molecule is Cc1noc(C(F)([C@H]2CCC(=O)C2)S(=O)(=O)c2ccccc2)n1. The molecule has 0 saturated heterocycles. The second kappa shape index (κ2) is 5.52. The number of ketones is 1. The lowest BCUT2D eigenvalue weighted by Crippen LogP contribution is -2.38. The van der Waals surface area contributed by atoms with Gasteiger partial charge in [0, 0.05) is 18.8 Å². The lowest BCUT2D eigenvalue weighted by Gasteiger charge is -2.27. The van der Waals surface area contributed by atoms with E-state index in [1.807, 2.05) is 0 Å². The van der Waals surface area contributed by atoms with Crippen molar-refractivity contribution in [3.63, 3.8) is 0 Å². The highest BCUT2D eigenvalue weighted by atomic mass is 32.2. The van der Waals surface area contributed by atoms with Gasteiger partial charge in [-0.3, -0.25) is 4.79 Å². The second-order valence-electron chi connectivity index (χ2n) is 5.59. The van der Waals surface area contributed by atoms with Crippen molar-refractivity contribution in [2.45, 2.75) is 36.1 Å². The molecule has 1 fully saturated rings. The number of aromatic nitrogens is 2. The molecule has 3 rings (SSSR count). The first-order chi connectivity index (χ1) is 10.9. The van der Waals surface area contributed by atoms with Crippen molar-refractivity contribution < 1.29 is 22.1 Å². The van der Waals surface area contributed by atoms with Gasteiger partial charge in [-0.15, -0.1) is 0 Å². The predicted octanol–water partition coefficient (Wildman–Crippen LogP) is 2.34. The molecule has 1 saturated carbocycles. The minimum absolute atomic E-state index is 0.128. The summed E-state index contributed by atoms with van der Waals surface area (Å²) in [5.74, 6) is -1.69. The van der Waals surface area contributed by atoms with Gasteiger partial charge < -0.3 is 4.52 Å². The van der Waals surface area contributed by atoms with Crippen LogP contribution in [-0.2, 0) is 19.6 Å². The Morgan fingerprint density at radius 3 is 2.52 bits per heavy atom. The maximum absolute atomic E-state index is 15.9. The summed E-state index contributed by atoms with van der Waals surface area (Å²) in [5.41, 5.74) is 0. The average molecular weight is 338 g/mol. The largest absolute Gasteiger partial charge is 0.335 e. The fourth-order valence-corrected chi connectivity index (χ4v) is 4.66. The van der Waals surface area contributed by atoms with E-state index >= 15 is 4.39 Å². The van der Waals surface area contributed by atoms with Crippen LogP contribution in [0.1, 0.15) is 31.0 Å². The van der Waals surface area contributed by atoms with Crippen molar-refractivity contribution in [1.82, 2.24) is 10.1 Å². The molecule has 122 valence electrons. The number of rotatable bonds is 4. The van der Waals surface area contributed by atoms with E-state index in [0.717, 1.165) is 0 Å². The van der Waals surface area contributed by atoms with Gasteiger partial charge in [-0.25, -0.2) is 12.8 Å². The molecule has 0 radical (unpaired) electrons. The number of halogens is 1. The monoisotopic (exact) mass is 338 g/mol. The van der Waals surface area contributed by atoms with Gasteiger partial charge in [0.05, 0.1) is 4.90 Å². The summed E-state index contributed by atoms with van der Waals surface area (Å²) in [4.78, 5) is 15.2. The summed E-state index contributed by atoms with van der Waals surface area (Å²) in [6, 6.07) is 7.26. The van der Waals surface area contributed by atoms with Crippen LogP contribution >= 0.6 is 0 Å². The average Bonchev–Trinajstić information content (AvgIpc) is 3.16. The minimum atomic E-state index is -4.46. The van der Waals surface area contributed by atoms with Crippen molar-refractivity contribution >= 4 is 15.6 Å². The number of alkyl halides is 1. The normalized spacial score (nSPS) is 21.3. The standard InChI is InChI=1S/C15H15FN2O4S/c1-10-17-14(22-18-10)15(16,11-7-8-12(19)9-11)23(20,21)13-5-3-2-4-6-13/h2-6,11H,7-9H2,1H3/t11-,15?/m0/s1. The highest BCUT2D eigenvalue weighted by Crippen LogP contribution is 2.48. The van der Waals surface area contributed by atoms with Gasteiger partial charge in [-0.05, 0) is 25.5 Å². The molecule has 1 aliphatic carbocycles. The number of hydrogen-bond acceptors (Lipinski definition) is 6. The lowest BCUT2D eigenvalue weighted by molar-refractivity contribution is -0.117. The molecule has 1 aromatic carbocycles. The lowest BCUT2D eigenvalue weighted by atomic mass is 10.0. The van der Waals surface area contributed by atoms with Crippen molar-refractivity contribution in [1.29, 1.82) is 0 Å². The molecule has 1 aromatic heterocycles. The van der Waals surface area contributed by atoms with E-state index in [2.05, 4.69) is 10.1 Å².